The van der Waals surface area contributed by atoms with Gasteiger partial charge in [0.2, 0.25) is 0 Å². The van der Waals surface area contributed by atoms with Gasteiger partial charge in [0.05, 0.1) is 36.2 Å². The Kier molecular flexibility index (Phi) is 7.15. The van der Waals surface area contributed by atoms with Crippen molar-refractivity contribution in [1.82, 2.24) is 15.3 Å². The van der Waals surface area contributed by atoms with Crippen LogP contribution in [0.25, 0.3) is 10.9 Å². The van der Waals surface area contributed by atoms with Gasteiger partial charge in [-0.05, 0) is 36.8 Å². The topological polar surface area (TPSA) is 113 Å². The van der Waals surface area contributed by atoms with E-state index in [-0.39, 0.29) is 16.7 Å². The molecule has 1 saturated heterocycles. The molecule has 3 aromatic rings. The van der Waals surface area contributed by atoms with E-state index in [0.29, 0.717) is 37.4 Å². The molecule has 2 heterocycles. The smallest absolute Gasteiger partial charge is 0.329 e. The van der Waals surface area contributed by atoms with Gasteiger partial charge in [0, 0.05) is 24.0 Å². The Morgan fingerprint density at radius 3 is 2.65 bits per heavy atom. The number of hydrogen-bond acceptors (Lipinski definition) is 6. The molecule has 0 bridgehead atoms. The predicted molar refractivity (Wildman–Crippen MR) is 129 cm³/mol. The Hall–Kier alpha value is -3.82. The number of pyridine rings is 1. The summed E-state index contributed by atoms with van der Waals surface area (Å²) in [5, 5.41) is 7.38. The Balaban J connectivity index is 1.41. The van der Waals surface area contributed by atoms with Crippen LogP contribution >= 0.6 is 11.6 Å². The highest BCUT2D eigenvalue weighted by molar-refractivity contribution is 6.40. The maximum absolute atomic E-state index is 12.8. The van der Waals surface area contributed by atoms with Crippen molar-refractivity contribution in [3.8, 4) is 0 Å². The number of hydrogen-bond donors (Lipinski definition) is 2. The molecule has 2 N–H and O–H groups in total. The van der Waals surface area contributed by atoms with Crippen molar-refractivity contribution >= 4 is 52.1 Å². The van der Waals surface area contributed by atoms with E-state index in [0.717, 1.165) is 16.5 Å². The highest BCUT2D eigenvalue weighted by Gasteiger charge is 2.23. The molecule has 1 aliphatic rings. The highest BCUT2D eigenvalue weighted by atomic mass is 35.5. The van der Waals surface area contributed by atoms with E-state index in [1.54, 1.807) is 35.2 Å². The number of nitrogens with zero attached hydrogens (tertiary/aromatic N) is 3. The van der Waals surface area contributed by atoms with E-state index in [9.17, 15) is 14.4 Å². The fourth-order valence-corrected chi connectivity index (χ4v) is 3.66. The summed E-state index contributed by atoms with van der Waals surface area (Å²) in [5.41, 5.74) is 4.99. The Morgan fingerprint density at radius 2 is 1.85 bits per heavy atom. The van der Waals surface area contributed by atoms with Crippen LogP contribution in [-0.2, 0) is 14.3 Å². The SMILES string of the molecule is Cc1ccc2cc(/C=N\NC(=O)C(=O)Nc3ccccc3C(=O)N3CCOCC3)c(Cl)nc2c1. The summed E-state index contributed by atoms with van der Waals surface area (Å²) in [7, 11) is 0. The molecule has 1 aromatic heterocycles. The number of halogens is 1. The van der Waals surface area contributed by atoms with Crippen LogP contribution in [-0.4, -0.2) is 60.1 Å². The largest absolute Gasteiger partial charge is 0.378 e. The number of hydrazone groups is 1. The summed E-state index contributed by atoms with van der Waals surface area (Å²) in [4.78, 5) is 43.4. The number of morpholine rings is 1. The molecule has 0 radical (unpaired) electrons. The summed E-state index contributed by atoms with van der Waals surface area (Å²) in [5.74, 6) is -2.20. The third-order valence-corrected chi connectivity index (χ3v) is 5.54. The molecule has 9 nitrogen and oxygen atoms in total. The van der Waals surface area contributed by atoms with E-state index in [1.807, 2.05) is 25.1 Å². The monoisotopic (exact) mass is 479 g/mol. The maximum atomic E-state index is 12.8. The average Bonchev–Trinajstić information content (AvgIpc) is 2.84. The first-order chi connectivity index (χ1) is 16.4. The molecule has 1 fully saturated rings. The molecule has 174 valence electrons. The van der Waals surface area contributed by atoms with Gasteiger partial charge in [-0.15, -0.1) is 0 Å². The van der Waals surface area contributed by atoms with E-state index >= 15 is 0 Å². The number of carbonyl (C=O) groups is 3. The first-order valence-electron chi connectivity index (χ1n) is 10.6. The molecular weight excluding hydrogens is 458 g/mol. The van der Waals surface area contributed by atoms with E-state index in [1.165, 1.54) is 6.21 Å². The van der Waals surface area contributed by atoms with E-state index < -0.39 is 11.8 Å². The number of aromatic nitrogens is 1. The van der Waals surface area contributed by atoms with Crippen molar-refractivity contribution in [2.24, 2.45) is 5.10 Å². The minimum Gasteiger partial charge on any atom is -0.378 e. The van der Waals surface area contributed by atoms with Crippen molar-refractivity contribution < 1.29 is 19.1 Å². The number of carbonyl (C=O) groups excluding carboxylic acids is 3. The van der Waals surface area contributed by atoms with E-state index in [4.69, 9.17) is 16.3 Å². The second-order valence-electron chi connectivity index (χ2n) is 7.67. The lowest BCUT2D eigenvalue weighted by molar-refractivity contribution is -0.136. The van der Waals surface area contributed by atoms with Crippen LogP contribution in [0.2, 0.25) is 5.15 Å². The van der Waals surface area contributed by atoms with Gasteiger partial charge in [-0.25, -0.2) is 10.4 Å². The van der Waals surface area contributed by atoms with E-state index in [2.05, 4.69) is 20.8 Å². The van der Waals surface area contributed by atoms with Gasteiger partial charge >= 0.3 is 11.8 Å². The number of rotatable bonds is 4. The van der Waals surface area contributed by atoms with Gasteiger partial charge in [-0.2, -0.15) is 5.10 Å². The van der Waals surface area contributed by atoms with Crippen LogP contribution in [0.1, 0.15) is 21.5 Å². The van der Waals surface area contributed by atoms with Crippen LogP contribution in [0.5, 0.6) is 0 Å². The second-order valence-corrected chi connectivity index (χ2v) is 8.03. The molecule has 10 heteroatoms. The number of fused-ring (bicyclic) bond motifs is 1. The Bertz CT molecular complexity index is 1290. The summed E-state index contributed by atoms with van der Waals surface area (Å²) < 4.78 is 5.27. The van der Waals surface area contributed by atoms with Crippen LogP contribution in [0.3, 0.4) is 0 Å². The van der Waals surface area contributed by atoms with Gasteiger partial charge in [0.1, 0.15) is 5.15 Å². The predicted octanol–water partition coefficient (Wildman–Crippen LogP) is 2.76. The number of nitrogens with one attached hydrogen (secondary N) is 2. The van der Waals surface area contributed by atoms with Crippen molar-refractivity contribution in [3.05, 3.63) is 70.4 Å². The van der Waals surface area contributed by atoms with Crippen molar-refractivity contribution in [1.29, 1.82) is 0 Å². The summed E-state index contributed by atoms with van der Waals surface area (Å²) >= 11 is 6.21. The quantitative estimate of drug-likeness (QED) is 0.258. The van der Waals surface area contributed by atoms with Gasteiger partial charge in [0.25, 0.3) is 5.91 Å². The number of ether oxygens (including phenoxy) is 1. The number of para-hydroxylation sites is 1. The van der Waals surface area contributed by atoms with Crippen molar-refractivity contribution in [2.45, 2.75) is 6.92 Å². The Morgan fingerprint density at radius 1 is 1.09 bits per heavy atom. The lowest BCUT2D eigenvalue weighted by atomic mass is 10.1. The molecule has 3 amide bonds. The van der Waals surface area contributed by atoms with Crippen LogP contribution in [0, 0.1) is 6.92 Å². The third-order valence-electron chi connectivity index (χ3n) is 5.23. The van der Waals surface area contributed by atoms with Gasteiger partial charge in [0.15, 0.2) is 0 Å². The highest BCUT2D eigenvalue weighted by Crippen LogP contribution is 2.21. The molecule has 2 aromatic carbocycles. The molecule has 0 unspecified atom stereocenters. The molecule has 0 aliphatic carbocycles. The molecule has 34 heavy (non-hydrogen) atoms. The minimum atomic E-state index is -0.995. The summed E-state index contributed by atoms with van der Waals surface area (Å²) in [6, 6.07) is 14.1. The number of anilines is 1. The third kappa shape index (κ3) is 5.38. The molecule has 0 saturated carbocycles. The zero-order chi connectivity index (χ0) is 24.1. The summed E-state index contributed by atoms with van der Waals surface area (Å²) in [6.07, 6.45) is 1.32. The Labute approximate surface area is 200 Å². The molecule has 4 rings (SSSR count). The van der Waals surface area contributed by atoms with Gasteiger partial charge < -0.3 is 15.0 Å². The van der Waals surface area contributed by atoms with Crippen molar-refractivity contribution in [2.75, 3.05) is 31.6 Å². The zero-order valence-electron chi connectivity index (χ0n) is 18.4. The van der Waals surface area contributed by atoms with Gasteiger partial charge in [-0.3, -0.25) is 14.4 Å². The number of aryl methyl sites for hydroxylation is 1. The van der Waals surface area contributed by atoms with Crippen molar-refractivity contribution in [3.63, 3.8) is 0 Å². The summed E-state index contributed by atoms with van der Waals surface area (Å²) in [6.45, 7) is 3.79. The average molecular weight is 480 g/mol. The molecular formula is C24H22ClN5O4. The van der Waals surface area contributed by atoms with Crippen LogP contribution < -0.4 is 10.7 Å². The fraction of sp³-hybridized carbons (Fsp3) is 0.208. The van der Waals surface area contributed by atoms with Crippen LogP contribution in [0.4, 0.5) is 5.69 Å². The number of benzene rings is 2. The maximum Gasteiger partial charge on any atom is 0.329 e. The number of amides is 3. The second kappa shape index (κ2) is 10.4. The molecule has 1 aliphatic heterocycles. The standard InChI is InChI=1S/C24H22ClN5O4/c1-15-6-7-16-13-17(21(25)27-20(16)12-15)14-26-29-23(32)22(31)28-19-5-3-2-4-18(19)24(33)30-8-10-34-11-9-30/h2-7,12-14H,8-11H2,1H3,(H,28,31)(H,29,32)/b26-14-. The molecule has 0 atom stereocenters. The lowest BCUT2D eigenvalue weighted by Crippen LogP contribution is -2.41. The zero-order valence-corrected chi connectivity index (χ0v) is 19.1. The normalized spacial score (nSPS) is 13.8. The minimum absolute atomic E-state index is 0.219. The van der Waals surface area contributed by atoms with Crippen LogP contribution in [0.15, 0.2) is 53.6 Å². The molecule has 0 spiro atoms. The first kappa shape index (κ1) is 23.3. The first-order valence-corrected chi connectivity index (χ1v) is 11.0. The fourth-order valence-electron chi connectivity index (χ4n) is 3.47. The van der Waals surface area contributed by atoms with Gasteiger partial charge in [-0.1, -0.05) is 35.9 Å². The lowest BCUT2D eigenvalue weighted by Gasteiger charge is -2.27.